The summed E-state index contributed by atoms with van der Waals surface area (Å²) >= 11 is 0. The number of furan rings is 1. The fourth-order valence-electron chi connectivity index (χ4n) is 3.93. The number of hydrogen-bond donors (Lipinski definition) is 1. The highest BCUT2D eigenvalue weighted by Crippen LogP contribution is 2.30. The van der Waals surface area contributed by atoms with Gasteiger partial charge in [-0.2, -0.15) is 0 Å². The Morgan fingerprint density at radius 1 is 1.27 bits per heavy atom. The first-order valence-electron chi connectivity index (χ1n) is 9.17. The molecule has 1 N–H and O–H groups in total. The van der Waals surface area contributed by atoms with Crippen LogP contribution in [-0.2, 0) is 9.59 Å². The first-order valence-corrected chi connectivity index (χ1v) is 9.17. The summed E-state index contributed by atoms with van der Waals surface area (Å²) in [7, 11) is 0. The number of hydrazine groups is 1. The van der Waals surface area contributed by atoms with Crippen molar-refractivity contribution in [1.82, 2.24) is 15.1 Å². The molecule has 1 unspecified atom stereocenters. The molecule has 0 spiro atoms. The Labute approximate surface area is 152 Å². The van der Waals surface area contributed by atoms with Gasteiger partial charge in [0.15, 0.2) is 0 Å². The van der Waals surface area contributed by atoms with Gasteiger partial charge in [-0.25, -0.2) is 10.1 Å². The molecule has 1 saturated heterocycles. The van der Waals surface area contributed by atoms with Gasteiger partial charge in [0, 0.05) is 13.1 Å². The summed E-state index contributed by atoms with van der Waals surface area (Å²) in [4.78, 5) is 36.3. The van der Waals surface area contributed by atoms with E-state index in [1.165, 1.54) is 22.5 Å². The molecule has 8 heteroatoms. The van der Waals surface area contributed by atoms with Gasteiger partial charge >= 0.3 is 0 Å². The van der Waals surface area contributed by atoms with Crippen molar-refractivity contribution in [3.05, 3.63) is 24.2 Å². The van der Waals surface area contributed by atoms with E-state index >= 15 is 0 Å². The smallest absolute Gasteiger partial charge is 0.275 e. The van der Waals surface area contributed by atoms with Crippen LogP contribution in [0.25, 0.3) is 0 Å². The van der Waals surface area contributed by atoms with Crippen molar-refractivity contribution < 1.29 is 24.0 Å². The summed E-state index contributed by atoms with van der Waals surface area (Å²) in [5, 5.41) is 13.3. The lowest BCUT2D eigenvalue weighted by Gasteiger charge is -2.31. The predicted molar refractivity (Wildman–Crippen MR) is 90.7 cm³/mol. The second-order valence-corrected chi connectivity index (χ2v) is 7.04. The third-order valence-electron chi connectivity index (χ3n) is 5.29. The van der Waals surface area contributed by atoms with Crippen molar-refractivity contribution in [2.24, 2.45) is 5.92 Å². The van der Waals surface area contributed by atoms with Gasteiger partial charge in [-0.15, -0.1) is 0 Å². The van der Waals surface area contributed by atoms with Crippen LogP contribution in [0.3, 0.4) is 0 Å². The SMILES string of the molecule is O=CN(O)C(CC(=O)N1CCCN1C(=O)c1ccoc1)CC1CCCC1. The predicted octanol–water partition coefficient (Wildman–Crippen LogP) is 2.06. The first kappa shape index (κ1) is 18.4. The Hall–Kier alpha value is -2.35. The lowest BCUT2D eigenvalue weighted by atomic mass is 9.96. The Morgan fingerprint density at radius 3 is 2.65 bits per heavy atom. The van der Waals surface area contributed by atoms with Crippen LogP contribution in [0.1, 0.15) is 55.3 Å². The minimum Gasteiger partial charge on any atom is -0.472 e. The molecule has 3 rings (SSSR count). The lowest BCUT2D eigenvalue weighted by Crippen LogP contribution is -2.47. The van der Waals surface area contributed by atoms with Gasteiger partial charge in [0.1, 0.15) is 6.26 Å². The first-order chi connectivity index (χ1) is 12.6. The maximum atomic E-state index is 12.8. The van der Waals surface area contributed by atoms with E-state index in [9.17, 15) is 19.6 Å². The topological polar surface area (TPSA) is 94.3 Å². The third kappa shape index (κ3) is 4.07. The van der Waals surface area contributed by atoms with E-state index in [0.717, 1.165) is 25.7 Å². The molecule has 1 aromatic heterocycles. The summed E-state index contributed by atoms with van der Waals surface area (Å²) in [5.41, 5.74) is 0.392. The molecule has 2 heterocycles. The standard InChI is InChI=1S/C18H25N3O5/c22-13-21(25)16(10-14-4-1-2-5-14)11-17(23)19-7-3-8-20(19)18(24)15-6-9-26-12-15/h6,9,12-14,16,25H,1-5,7-8,10-11H2. The maximum Gasteiger partial charge on any atom is 0.275 e. The van der Waals surface area contributed by atoms with Gasteiger partial charge in [-0.1, -0.05) is 25.7 Å². The second-order valence-electron chi connectivity index (χ2n) is 7.04. The number of nitrogens with zero attached hydrogens (tertiary/aromatic N) is 3. The average molecular weight is 363 g/mol. The Kier molecular flexibility index (Phi) is 5.92. The second kappa shape index (κ2) is 8.35. The zero-order valence-electron chi connectivity index (χ0n) is 14.7. The lowest BCUT2D eigenvalue weighted by molar-refractivity contribution is -0.166. The molecule has 3 amide bonds. The molecule has 1 aromatic rings. The molecule has 1 saturated carbocycles. The number of hydroxylamine groups is 2. The molecule has 26 heavy (non-hydrogen) atoms. The average Bonchev–Trinajstić information content (AvgIpc) is 3.41. The van der Waals surface area contributed by atoms with Gasteiger partial charge in [0.25, 0.3) is 5.91 Å². The molecule has 0 bridgehead atoms. The zero-order valence-corrected chi connectivity index (χ0v) is 14.7. The van der Waals surface area contributed by atoms with Crippen LogP contribution in [0.5, 0.6) is 0 Å². The van der Waals surface area contributed by atoms with Gasteiger partial charge in [-0.05, 0) is 24.8 Å². The highest BCUT2D eigenvalue weighted by atomic mass is 16.5. The maximum absolute atomic E-state index is 12.8. The largest absolute Gasteiger partial charge is 0.472 e. The Morgan fingerprint density at radius 2 is 2.00 bits per heavy atom. The van der Waals surface area contributed by atoms with Crippen LogP contribution < -0.4 is 0 Å². The minimum absolute atomic E-state index is 0.000900. The molecular formula is C18H25N3O5. The molecule has 142 valence electrons. The van der Waals surface area contributed by atoms with Crippen LogP contribution >= 0.6 is 0 Å². The molecule has 0 radical (unpaired) electrons. The number of hydrogen-bond acceptors (Lipinski definition) is 5. The van der Waals surface area contributed by atoms with Crippen LogP contribution in [0.2, 0.25) is 0 Å². The number of rotatable bonds is 7. The summed E-state index contributed by atoms with van der Waals surface area (Å²) in [6.45, 7) is 0.907. The summed E-state index contributed by atoms with van der Waals surface area (Å²) in [6.07, 6.45) is 8.84. The van der Waals surface area contributed by atoms with Crippen LogP contribution in [0, 0.1) is 5.92 Å². The van der Waals surface area contributed by atoms with Crippen molar-refractivity contribution in [1.29, 1.82) is 0 Å². The fraction of sp³-hybridized carbons (Fsp3) is 0.611. The Balaban J connectivity index is 1.65. The van der Waals surface area contributed by atoms with Crippen LogP contribution in [0.15, 0.2) is 23.0 Å². The van der Waals surface area contributed by atoms with Crippen LogP contribution in [0.4, 0.5) is 0 Å². The van der Waals surface area contributed by atoms with Gasteiger partial charge < -0.3 is 4.42 Å². The molecule has 8 nitrogen and oxygen atoms in total. The van der Waals surface area contributed by atoms with E-state index in [-0.39, 0.29) is 18.2 Å². The number of amides is 3. The number of carbonyl (C=O) groups is 3. The highest BCUT2D eigenvalue weighted by molar-refractivity contribution is 5.95. The normalized spacial score (nSPS) is 19.0. The summed E-state index contributed by atoms with van der Waals surface area (Å²) in [5.74, 6) is -0.124. The minimum atomic E-state index is -0.561. The van der Waals surface area contributed by atoms with E-state index in [1.807, 2.05) is 0 Å². The molecule has 1 aliphatic heterocycles. The molecule has 2 aliphatic rings. The fourth-order valence-corrected chi connectivity index (χ4v) is 3.93. The van der Waals surface area contributed by atoms with E-state index in [0.29, 0.717) is 48.9 Å². The summed E-state index contributed by atoms with van der Waals surface area (Å²) < 4.78 is 4.95. The van der Waals surface area contributed by atoms with E-state index in [1.54, 1.807) is 6.07 Å². The summed E-state index contributed by atoms with van der Waals surface area (Å²) in [6, 6.07) is 1.00. The monoisotopic (exact) mass is 363 g/mol. The van der Waals surface area contributed by atoms with Crippen molar-refractivity contribution in [2.45, 2.75) is 51.0 Å². The van der Waals surface area contributed by atoms with E-state index in [2.05, 4.69) is 0 Å². The van der Waals surface area contributed by atoms with Crippen molar-refractivity contribution in [3.8, 4) is 0 Å². The number of carbonyl (C=O) groups excluding carboxylic acids is 3. The van der Waals surface area contributed by atoms with Crippen molar-refractivity contribution in [2.75, 3.05) is 13.1 Å². The van der Waals surface area contributed by atoms with Gasteiger partial charge in [0.2, 0.25) is 12.3 Å². The van der Waals surface area contributed by atoms with Gasteiger partial charge in [-0.3, -0.25) is 24.6 Å². The molecule has 2 fully saturated rings. The van der Waals surface area contributed by atoms with Crippen LogP contribution in [-0.4, -0.2) is 57.6 Å². The molecule has 1 atom stereocenters. The zero-order chi connectivity index (χ0) is 18.5. The van der Waals surface area contributed by atoms with Gasteiger partial charge in [0.05, 0.1) is 24.3 Å². The van der Waals surface area contributed by atoms with Crippen molar-refractivity contribution >= 4 is 18.2 Å². The quantitative estimate of drug-likeness (QED) is 0.455. The Bertz CT molecular complexity index is 627. The molecule has 1 aliphatic carbocycles. The van der Waals surface area contributed by atoms with Crippen molar-refractivity contribution in [3.63, 3.8) is 0 Å². The third-order valence-corrected chi connectivity index (χ3v) is 5.29. The molecular weight excluding hydrogens is 338 g/mol. The van der Waals surface area contributed by atoms with E-state index in [4.69, 9.17) is 4.42 Å². The highest BCUT2D eigenvalue weighted by Gasteiger charge is 2.34. The van der Waals surface area contributed by atoms with E-state index < -0.39 is 6.04 Å². The molecule has 0 aromatic carbocycles.